The summed E-state index contributed by atoms with van der Waals surface area (Å²) in [6.07, 6.45) is 1.84. The van der Waals surface area contributed by atoms with E-state index in [2.05, 4.69) is 14.8 Å². The monoisotopic (exact) mass is 287 g/mol. The predicted molar refractivity (Wildman–Crippen MR) is 81.5 cm³/mol. The molecule has 1 saturated heterocycles. The average molecular weight is 287 g/mol. The van der Waals surface area contributed by atoms with Crippen LogP contribution in [-0.2, 0) is 0 Å². The Morgan fingerprint density at radius 1 is 1.15 bits per heavy atom. The number of anilines is 1. The molecule has 5 heteroatoms. The van der Waals surface area contributed by atoms with Gasteiger partial charge in [-0.15, -0.1) is 11.3 Å². The molecule has 1 fully saturated rings. The van der Waals surface area contributed by atoms with Crippen molar-refractivity contribution in [3.05, 3.63) is 47.5 Å². The van der Waals surface area contributed by atoms with Crippen LogP contribution in [0.2, 0.25) is 0 Å². The molecule has 2 heterocycles. The molecule has 0 atom stereocenters. The van der Waals surface area contributed by atoms with Crippen LogP contribution in [0.25, 0.3) is 0 Å². The summed E-state index contributed by atoms with van der Waals surface area (Å²) in [5, 5.41) is 3.08. The highest BCUT2D eigenvalue weighted by Gasteiger charge is 2.20. The number of rotatable bonds is 4. The number of benzene rings is 1. The third kappa shape index (κ3) is 3.05. The lowest BCUT2D eigenvalue weighted by molar-refractivity contribution is 0.0926. The fourth-order valence-electron chi connectivity index (χ4n) is 2.39. The zero-order valence-electron chi connectivity index (χ0n) is 11.2. The molecule has 20 heavy (non-hydrogen) atoms. The zero-order valence-corrected chi connectivity index (χ0v) is 12.1. The number of ketones is 1. The second kappa shape index (κ2) is 6.15. The molecule has 0 bridgehead atoms. The lowest BCUT2D eigenvalue weighted by Gasteiger charge is -2.34. The summed E-state index contributed by atoms with van der Waals surface area (Å²) < 4.78 is 0. The number of nitrogens with zero attached hydrogens (tertiary/aromatic N) is 3. The summed E-state index contributed by atoms with van der Waals surface area (Å²) in [4.78, 5) is 21.0. The van der Waals surface area contributed by atoms with Crippen LogP contribution in [0.4, 0.5) is 5.13 Å². The van der Waals surface area contributed by atoms with Gasteiger partial charge in [0.25, 0.3) is 0 Å². The number of hydrogen-bond acceptors (Lipinski definition) is 5. The van der Waals surface area contributed by atoms with Crippen molar-refractivity contribution in [1.29, 1.82) is 0 Å². The van der Waals surface area contributed by atoms with Gasteiger partial charge in [0, 0.05) is 43.3 Å². The quantitative estimate of drug-likeness (QED) is 0.807. The smallest absolute Gasteiger partial charge is 0.185 e. The number of Topliss-reactive ketones (excluding diaryl/α,β-unsaturated/α-hetero) is 1. The van der Waals surface area contributed by atoms with Crippen LogP contribution in [0.15, 0.2) is 41.9 Å². The molecule has 104 valence electrons. The first-order valence-electron chi connectivity index (χ1n) is 6.78. The van der Waals surface area contributed by atoms with Crippen LogP contribution in [0.5, 0.6) is 0 Å². The summed E-state index contributed by atoms with van der Waals surface area (Å²) in [5.41, 5.74) is 0.801. The van der Waals surface area contributed by atoms with Gasteiger partial charge in [-0.2, -0.15) is 0 Å². The molecule has 0 amide bonds. The van der Waals surface area contributed by atoms with E-state index < -0.39 is 0 Å². The lowest BCUT2D eigenvalue weighted by Crippen LogP contribution is -2.48. The largest absolute Gasteiger partial charge is 0.346 e. The molecule has 2 aromatic rings. The number of piperazine rings is 1. The van der Waals surface area contributed by atoms with Crippen LogP contribution in [0.3, 0.4) is 0 Å². The van der Waals surface area contributed by atoms with Crippen molar-refractivity contribution in [2.45, 2.75) is 0 Å². The van der Waals surface area contributed by atoms with E-state index in [4.69, 9.17) is 0 Å². The number of carbonyl (C=O) groups is 1. The maximum absolute atomic E-state index is 12.2. The summed E-state index contributed by atoms with van der Waals surface area (Å²) in [6, 6.07) is 9.52. The molecular weight excluding hydrogens is 270 g/mol. The van der Waals surface area contributed by atoms with Crippen molar-refractivity contribution in [3.8, 4) is 0 Å². The average Bonchev–Trinajstić information content (AvgIpc) is 3.03. The number of carbonyl (C=O) groups excluding carboxylic acids is 1. The van der Waals surface area contributed by atoms with E-state index in [9.17, 15) is 4.79 Å². The molecule has 1 aromatic carbocycles. The van der Waals surface area contributed by atoms with E-state index in [-0.39, 0.29) is 5.78 Å². The molecule has 0 unspecified atom stereocenters. The Bertz CT molecular complexity index is 548. The third-order valence-corrected chi connectivity index (χ3v) is 4.36. The van der Waals surface area contributed by atoms with Crippen molar-refractivity contribution >= 4 is 22.3 Å². The number of hydrogen-bond donors (Lipinski definition) is 0. The topological polar surface area (TPSA) is 36.4 Å². The van der Waals surface area contributed by atoms with Gasteiger partial charge >= 0.3 is 0 Å². The SMILES string of the molecule is O=C(CN1CCN(c2nccs2)CC1)c1ccccc1. The van der Waals surface area contributed by atoms with E-state index in [1.54, 1.807) is 11.3 Å². The summed E-state index contributed by atoms with van der Waals surface area (Å²) in [7, 11) is 0. The van der Waals surface area contributed by atoms with Crippen molar-refractivity contribution in [1.82, 2.24) is 9.88 Å². The fraction of sp³-hybridized carbons (Fsp3) is 0.333. The van der Waals surface area contributed by atoms with E-state index in [1.165, 1.54) is 0 Å². The van der Waals surface area contributed by atoms with Gasteiger partial charge in [-0.3, -0.25) is 9.69 Å². The van der Waals surface area contributed by atoms with Crippen LogP contribution >= 0.6 is 11.3 Å². The predicted octanol–water partition coefficient (Wildman–Crippen LogP) is 2.15. The Labute approximate surface area is 122 Å². The van der Waals surface area contributed by atoms with Crippen molar-refractivity contribution < 1.29 is 4.79 Å². The summed E-state index contributed by atoms with van der Waals surface area (Å²) in [6.45, 7) is 4.22. The van der Waals surface area contributed by atoms with Gasteiger partial charge < -0.3 is 4.90 Å². The molecule has 0 aliphatic carbocycles. The molecule has 0 spiro atoms. The second-order valence-corrected chi connectivity index (χ2v) is 5.74. The normalized spacial score (nSPS) is 16.3. The Kier molecular flexibility index (Phi) is 4.08. The van der Waals surface area contributed by atoms with Crippen LogP contribution in [0.1, 0.15) is 10.4 Å². The summed E-state index contributed by atoms with van der Waals surface area (Å²) in [5.74, 6) is 0.202. The number of aromatic nitrogens is 1. The molecule has 0 saturated carbocycles. The molecule has 1 aliphatic heterocycles. The van der Waals surface area contributed by atoms with E-state index >= 15 is 0 Å². The van der Waals surface area contributed by atoms with Gasteiger partial charge in [-0.05, 0) is 0 Å². The molecule has 4 nitrogen and oxygen atoms in total. The minimum atomic E-state index is 0.202. The first-order valence-corrected chi connectivity index (χ1v) is 7.66. The Balaban J connectivity index is 1.53. The van der Waals surface area contributed by atoms with Crippen molar-refractivity contribution in [2.75, 3.05) is 37.6 Å². The molecule has 3 rings (SSSR count). The van der Waals surface area contributed by atoms with Gasteiger partial charge in [0.15, 0.2) is 10.9 Å². The second-order valence-electron chi connectivity index (χ2n) is 4.87. The zero-order chi connectivity index (χ0) is 13.8. The molecule has 1 aliphatic rings. The molecule has 1 aromatic heterocycles. The van der Waals surface area contributed by atoms with Crippen LogP contribution < -0.4 is 4.90 Å². The number of thiazole rings is 1. The highest BCUT2D eigenvalue weighted by atomic mass is 32.1. The maximum Gasteiger partial charge on any atom is 0.185 e. The lowest BCUT2D eigenvalue weighted by atomic mass is 10.1. The van der Waals surface area contributed by atoms with E-state index in [0.717, 1.165) is 36.9 Å². The van der Waals surface area contributed by atoms with Gasteiger partial charge in [0.05, 0.1) is 6.54 Å². The standard InChI is InChI=1S/C15H17N3OS/c19-14(13-4-2-1-3-5-13)12-17-7-9-18(10-8-17)15-16-6-11-20-15/h1-6,11H,7-10,12H2. The van der Waals surface area contributed by atoms with Gasteiger partial charge in [0.1, 0.15) is 0 Å². The van der Waals surface area contributed by atoms with Gasteiger partial charge in [-0.25, -0.2) is 4.98 Å². The van der Waals surface area contributed by atoms with Crippen LogP contribution in [0, 0.1) is 0 Å². The van der Waals surface area contributed by atoms with Crippen molar-refractivity contribution in [3.63, 3.8) is 0 Å². The molecule has 0 N–H and O–H groups in total. The first kappa shape index (κ1) is 13.3. The first-order chi connectivity index (χ1) is 9.83. The minimum absolute atomic E-state index is 0.202. The van der Waals surface area contributed by atoms with Crippen LogP contribution in [-0.4, -0.2) is 48.4 Å². The van der Waals surface area contributed by atoms with E-state index in [1.807, 2.05) is 41.9 Å². The van der Waals surface area contributed by atoms with Crippen molar-refractivity contribution in [2.24, 2.45) is 0 Å². The Morgan fingerprint density at radius 3 is 2.55 bits per heavy atom. The third-order valence-electron chi connectivity index (χ3n) is 3.53. The highest BCUT2D eigenvalue weighted by molar-refractivity contribution is 7.13. The van der Waals surface area contributed by atoms with Gasteiger partial charge in [-0.1, -0.05) is 30.3 Å². The minimum Gasteiger partial charge on any atom is -0.346 e. The maximum atomic E-state index is 12.2. The fourth-order valence-corrected chi connectivity index (χ4v) is 3.08. The molecule has 0 radical (unpaired) electrons. The Morgan fingerprint density at radius 2 is 1.90 bits per heavy atom. The Hall–Kier alpha value is -1.72. The van der Waals surface area contributed by atoms with Gasteiger partial charge in [0.2, 0.25) is 0 Å². The highest BCUT2D eigenvalue weighted by Crippen LogP contribution is 2.18. The molecular formula is C15H17N3OS. The summed E-state index contributed by atoms with van der Waals surface area (Å²) >= 11 is 1.67. The van der Waals surface area contributed by atoms with E-state index in [0.29, 0.717) is 6.54 Å².